The van der Waals surface area contributed by atoms with E-state index >= 15 is 0 Å². The zero-order chi connectivity index (χ0) is 15.4. The smallest absolute Gasteiger partial charge is 0.0641 e. The third-order valence-electron chi connectivity index (χ3n) is 3.51. The fourth-order valence-electron chi connectivity index (χ4n) is 2.48. The van der Waals surface area contributed by atoms with Gasteiger partial charge in [0.2, 0.25) is 0 Å². The van der Waals surface area contributed by atoms with E-state index in [1.54, 1.807) is 0 Å². The van der Waals surface area contributed by atoms with Crippen molar-refractivity contribution in [2.45, 2.75) is 32.7 Å². The Hall–Kier alpha value is -0.840. The topological polar surface area (TPSA) is 29.9 Å². The van der Waals surface area contributed by atoms with Crippen molar-refractivity contribution in [2.75, 3.05) is 6.54 Å². The number of hydrogen-bond acceptors (Lipinski definition) is 2. The van der Waals surface area contributed by atoms with Gasteiger partial charge >= 0.3 is 0 Å². The lowest BCUT2D eigenvalue weighted by Gasteiger charge is -2.19. The number of aromatic nitrogens is 2. The molecule has 0 radical (unpaired) electrons. The van der Waals surface area contributed by atoms with E-state index in [1.807, 2.05) is 23.9 Å². The normalized spacial score (nSPS) is 12.6. The lowest BCUT2D eigenvalue weighted by Crippen LogP contribution is -2.24. The summed E-state index contributed by atoms with van der Waals surface area (Å²) in [7, 11) is 1.96. The summed E-state index contributed by atoms with van der Waals surface area (Å²) >= 11 is 9.81. The average Bonchev–Trinajstić information content (AvgIpc) is 2.76. The first-order chi connectivity index (χ1) is 10.0. The Morgan fingerprint density at radius 1 is 1.43 bits per heavy atom. The van der Waals surface area contributed by atoms with E-state index < -0.39 is 0 Å². The monoisotopic (exact) mass is 369 g/mol. The van der Waals surface area contributed by atoms with Crippen LogP contribution in [0.2, 0.25) is 5.02 Å². The quantitative estimate of drug-likeness (QED) is 0.815. The highest BCUT2D eigenvalue weighted by Gasteiger charge is 2.17. The molecule has 3 nitrogen and oxygen atoms in total. The lowest BCUT2D eigenvalue weighted by atomic mass is 9.99. The van der Waals surface area contributed by atoms with Crippen molar-refractivity contribution >= 4 is 27.5 Å². The molecule has 1 aromatic carbocycles. The van der Waals surface area contributed by atoms with Crippen molar-refractivity contribution in [2.24, 2.45) is 7.05 Å². The van der Waals surface area contributed by atoms with E-state index in [9.17, 15) is 0 Å². The molecule has 114 valence electrons. The highest BCUT2D eigenvalue weighted by atomic mass is 79.9. The van der Waals surface area contributed by atoms with E-state index in [1.165, 1.54) is 5.56 Å². The second kappa shape index (κ2) is 7.43. The van der Waals surface area contributed by atoms with Gasteiger partial charge < -0.3 is 5.32 Å². The fraction of sp³-hybridized carbons (Fsp3) is 0.438. The van der Waals surface area contributed by atoms with Gasteiger partial charge in [-0.2, -0.15) is 5.10 Å². The van der Waals surface area contributed by atoms with Crippen LogP contribution in [-0.2, 0) is 13.5 Å². The molecular weight excluding hydrogens is 350 g/mol. The van der Waals surface area contributed by atoms with Crippen LogP contribution in [0, 0.1) is 6.92 Å². The number of hydrogen-bond donors (Lipinski definition) is 1. The van der Waals surface area contributed by atoms with Gasteiger partial charge in [-0.25, -0.2) is 0 Å². The predicted octanol–water partition coefficient (Wildman–Crippen LogP) is 4.43. The van der Waals surface area contributed by atoms with Crippen molar-refractivity contribution in [3.8, 4) is 0 Å². The maximum absolute atomic E-state index is 6.36. The summed E-state index contributed by atoms with van der Waals surface area (Å²) in [5, 5.41) is 8.86. The third-order valence-corrected chi connectivity index (χ3v) is 4.35. The Morgan fingerprint density at radius 3 is 2.76 bits per heavy atom. The number of aryl methyl sites for hydroxylation is 2. The van der Waals surface area contributed by atoms with Crippen LogP contribution in [0.5, 0.6) is 0 Å². The van der Waals surface area contributed by atoms with E-state index in [0.717, 1.165) is 40.1 Å². The largest absolute Gasteiger partial charge is 0.310 e. The maximum Gasteiger partial charge on any atom is 0.0641 e. The molecule has 1 aromatic heterocycles. The summed E-state index contributed by atoms with van der Waals surface area (Å²) < 4.78 is 2.88. The van der Waals surface area contributed by atoms with Crippen LogP contribution in [-0.4, -0.2) is 16.3 Å². The fourth-order valence-corrected chi connectivity index (χ4v) is 3.23. The number of halogens is 2. The molecule has 0 aliphatic carbocycles. The molecule has 2 aromatic rings. The molecule has 21 heavy (non-hydrogen) atoms. The lowest BCUT2D eigenvalue weighted by molar-refractivity contribution is 0.527. The Morgan fingerprint density at radius 2 is 2.19 bits per heavy atom. The van der Waals surface area contributed by atoms with Crippen LogP contribution >= 0.6 is 27.5 Å². The van der Waals surface area contributed by atoms with Crippen molar-refractivity contribution in [3.63, 3.8) is 0 Å². The van der Waals surface area contributed by atoms with E-state index in [2.05, 4.69) is 52.5 Å². The van der Waals surface area contributed by atoms with Crippen LogP contribution in [0.1, 0.15) is 36.2 Å². The second-order valence-electron chi connectivity index (χ2n) is 5.29. The van der Waals surface area contributed by atoms with Gasteiger partial charge in [0.15, 0.2) is 0 Å². The minimum atomic E-state index is 0.234. The number of rotatable bonds is 6. The van der Waals surface area contributed by atoms with E-state index in [-0.39, 0.29) is 6.04 Å². The zero-order valence-electron chi connectivity index (χ0n) is 12.7. The Balaban J connectivity index is 2.26. The van der Waals surface area contributed by atoms with Gasteiger partial charge in [0, 0.05) is 34.3 Å². The number of nitrogens with one attached hydrogen (secondary N) is 1. The van der Waals surface area contributed by atoms with Crippen molar-refractivity contribution < 1.29 is 0 Å². The third kappa shape index (κ3) is 4.31. The predicted molar refractivity (Wildman–Crippen MR) is 91.8 cm³/mol. The molecule has 0 amide bonds. The standard InChI is InChI=1S/C16H21BrClN3/c1-4-7-19-16(14-10-21(3)20-11(14)2)8-12-5-6-13(17)9-15(12)18/h5-6,9-10,16,19H,4,7-8H2,1-3H3. The summed E-state index contributed by atoms with van der Waals surface area (Å²) in [4.78, 5) is 0. The number of benzene rings is 1. The minimum Gasteiger partial charge on any atom is -0.310 e. The highest BCUT2D eigenvalue weighted by molar-refractivity contribution is 9.10. The summed E-state index contributed by atoms with van der Waals surface area (Å²) in [6.07, 6.45) is 4.05. The minimum absolute atomic E-state index is 0.234. The SMILES string of the molecule is CCCNC(Cc1ccc(Br)cc1Cl)c1cn(C)nc1C. The van der Waals surface area contributed by atoms with E-state index in [4.69, 9.17) is 11.6 Å². The molecule has 0 aliphatic rings. The van der Waals surface area contributed by atoms with Gasteiger partial charge in [0.1, 0.15) is 0 Å². The van der Waals surface area contributed by atoms with Crippen LogP contribution in [0.25, 0.3) is 0 Å². The van der Waals surface area contributed by atoms with Crippen molar-refractivity contribution in [1.29, 1.82) is 0 Å². The van der Waals surface area contributed by atoms with Crippen molar-refractivity contribution in [3.05, 3.63) is 50.7 Å². The van der Waals surface area contributed by atoms with Gasteiger partial charge in [-0.05, 0) is 44.0 Å². The molecule has 0 saturated heterocycles. The summed E-state index contributed by atoms with van der Waals surface area (Å²) in [5.74, 6) is 0. The van der Waals surface area contributed by atoms with Crippen molar-refractivity contribution in [1.82, 2.24) is 15.1 Å². The summed E-state index contributed by atoms with van der Waals surface area (Å²) in [5.41, 5.74) is 3.46. The van der Waals surface area contributed by atoms with Gasteiger partial charge in [0.25, 0.3) is 0 Å². The first kappa shape index (κ1) is 16.5. The van der Waals surface area contributed by atoms with Crippen LogP contribution in [0.15, 0.2) is 28.9 Å². The molecule has 5 heteroatoms. The Bertz CT molecular complexity index is 610. The van der Waals surface area contributed by atoms with Crippen LogP contribution < -0.4 is 5.32 Å². The first-order valence-corrected chi connectivity index (χ1v) is 8.35. The van der Waals surface area contributed by atoms with Gasteiger partial charge in [0.05, 0.1) is 5.69 Å². The zero-order valence-corrected chi connectivity index (χ0v) is 15.0. The first-order valence-electron chi connectivity index (χ1n) is 7.18. The van der Waals surface area contributed by atoms with E-state index in [0.29, 0.717) is 0 Å². The molecular formula is C16H21BrClN3. The molecule has 0 spiro atoms. The Labute approximate surface area is 139 Å². The van der Waals surface area contributed by atoms with Gasteiger partial charge in [-0.15, -0.1) is 0 Å². The average molecular weight is 371 g/mol. The molecule has 0 aliphatic heterocycles. The summed E-state index contributed by atoms with van der Waals surface area (Å²) in [6, 6.07) is 6.30. The molecule has 0 bridgehead atoms. The Kier molecular flexibility index (Phi) is 5.85. The van der Waals surface area contributed by atoms with Gasteiger partial charge in [-0.3, -0.25) is 4.68 Å². The molecule has 1 unspecified atom stereocenters. The summed E-state index contributed by atoms with van der Waals surface area (Å²) in [6.45, 7) is 5.21. The molecule has 0 fully saturated rings. The molecule has 2 rings (SSSR count). The molecule has 0 saturated carbocycles. The maximum atomic E-state index is 6.36. The van der Waals surface area contributed by atoms with Crippen LogP contribution in [0.4, 0.5) is 0 Å². The second-order valence-corrected chi connectivity index (χ2v) is 6.61. The van der Waals surface area contributed by atoms with Crippen LogP contribution in [0.3, 0.4) is 0 Å². The molecule has 1 atom stereocenters. The number of nitrogens with zero attached hydrogens (tertiary/aromatic N) is 2. The highest BCUT2D eigenvalue weighted by Crippen LogP contribution is 2.27. The molecule has 1 heterocycles. The molecule has 1 N–H and O–H groups in total. The van der Waals surface area contributed by atoms with Gasteiger partial charge in [-0.1, -0.05) is 40.5 Å².